The van der Waals surface area contributed by atoms with Crippen LogP contribution in [-0.2, 0) is 16.0 Å². The average molecular weight is 511 g/mol. The molecule has 32 heavy (non-hydrogen) atoms. The van der Waals surface area contributed by atoms with Crippen LogP contribution in [0.3, 0.4) is 0 Å². The maximum atomic E-state index is 12.6. The van der Waals surface area contributed by atoms with Gasteiger partial charge in [0.1, 0.15) is 29.8 Å². The molecule has 4 aromatic rings. The molecule has 0 spiro atoms. The van der Waals surface area contributed by atoms with Crippen molar-refractivity contribution in [3.05, 3.63) is 103 Å². The van der Waals surface area contributed by atoms with Crippen LogP contribution in [0.2, 0.25) is 0 Å². The first-order valence-corrected chi connectivity index (χ1v) is 12.2. The predicted octanol–water partition coefficient (Wildman–Crippen LogP) is 0.544. The van der Waals surface area contributed by atoms with Gasteiger partial charge in [0.15, 0.2) is 6.33 Å². The van der Waals surface area contributed by atoms with E-state index in [0.29, 0.717) is 24.9 Å². The Bertz CT molecular complexity index is 981. The van der Waals surface area contributed by atoms with E-state index in [9.17, 15) is 4.79 Å². The molecule has 0 aliphatic heterocycles. The summed E-state index contributed by atoms with van der Waals surface area (Å²) in [7, 11) is -2.03. The van der Waals surface area contributed by atoms with Crippen LogP contribution in [0, 0.1) is 0 Å². The Labute approximate surface area is 198 Å². The average Bonchev–Trinajstić information content (AvgIpc) is 3.35. The third kappa shape index (κ3) is 5.50. The fourth-order valence-corrected chi connectivity index (χ4v) is 8.00. The highest BCUT2D eigenvalue weighted by Gasteiger charge is 2.45. The van der Waals surface area contributed by atoms with Gasteiger partial charge in [0.25, 0.3) is 0 Å². The smallest absolute Gasteiger partial charge is 0.309 e. The zero-order chi connectivity index (χ0) is 21.4. The van der Waals surface area contributed by atoms with Crippen LogP contribution in [0.1, 0.15) is 12.3 Å². The van der Waals surface area contributed by atoms with Gasteiger partial charge in [-0.15, -0.1) is 0 Å². The predicted molar refractivity (Wildman–Crippen MR) is 124 cm³/mol. The fraction of sp³-hybridized carbons (Fsp3) is 0.160. The van der Waals surface area contributed by atoms with E-state index in [1.54, 1.807) is 0 Å². The molecule has 0 saturated carbocycles. The van der Waals surface area contributed by atoms with Crippen molar-refractivity contribution in [2.24, 2.45) is 0 Å². The minimum atomic E-state index is -2.03. The molecule has 164 valence electrons. The molecule has 0 saturated heterocycles. The number of carbonyl (C=O) groups excluding carboxylic acids is 1. The maximum Gasteiger partial charge on any atom is 0.309 e. The molecule has 0 amide bonds. The van der Waals surface area contributed by atoms with Crippen LogP contribution in [0.4, 0.5) is 0 Å². The molecule has 1 aromatic heterocycles. The number of aromatic nitrogens is 2. The van der Waals surface area contributed by atoms with Gasteiger partial charge in [0.2, 0.25) is 5.89 Å². The van der Waals surface area contributed by atoms with Gasteiger partial charge in [-0.05, 0) is 36.4 Å². The molecule has 5 nitrogen and oxygen atoms in total. The van der Waals surface area contributed by atoms with E-state index in [1.165, 1.54) is 22.2 Å². The number of esters is 1. The van der Waals surface area contributed by atoms with Gasteiger partial charge in [-0.2, -0.15) is 4.98 Å². The monoisotopic (exact) mass is 510 g/mol. The number of hydrogen-bond donors (Lipinski definition) is 0. The molecule has 0 N–H and O–H groups in total. The minimum absolute atomic E-state index is 0. The minimum Gasteiger partial charge on any atom is -1.00 e. The van der Waals surface area contributed by atoms with E-state index < -0.39 is 7.26 Å². The summed E-state index contributed by atoms with van der Waals surface area (Å²) in [6.07, 6.45) is 2.79. The van der Waals surface area contributed by atoms with Gasteiger partial charge in [-0.1, -0.05) is 59.8 Å². The summed E-state index contributed by atoms with van der Waals surface area (Å²) in [5.74, 6) is 0.249. The van der Waals surface area contributed by atoms with E-state index in [2.05, 4.69) is 82.9 Å². The number of benzene rings is 3. The van der Waals surface area contributed by atoms with Crippen molar-refractivity contribution in [1.82, 2.24) is 10.1 Å². The molecule has 0 radical (unpaired) electrons. The van der Waals surface area contributed by atoms with E-state index in [1.807, 2.05) is 18.2 Å². The molecule has 0 unspecified atom stereocenters. The van der Waals surface area contributed by atoms with Crippen LogP contribution in [0.5, 0.6) is 0 Å². The summed E-state index contributed by atoms with van der Waals surface area (Å²) in [6.45, 7) is 0.231. The van der Waals surface area contributed by atoms with Crippen LogP contribution in [0.15, 0.2) is 102 Å². The maximum absolute atomic E-state index is 12.6. The topological polar surface area (TPSA) is 65.2 Å². The summed E-state index contributed by atoms with van der Waals surface area (Å²) in [6, 6.07) is 31.5. The van der Waals surface area contributed by atoms with Gasteiger partial charge in [-0.25, -0.2) is 0 Å². The summed E-state index contributed by atoms with van der Waals surface area (Å²) >= 11 is 0. The highest BCUT2D eigenvalue weighted by atomic mass is 79.9. The van der Waals surface area contributed by atoms with Crippen molar-refractivity contribution in [1.29, 1.82) is 0 Å². The zero-order valence-electron chi connectivity index (χ0n) is 17.5. The highest BCUT2D eigenvalue weighted by molar-refractivity contribution is 7.95. The molecule has 0 atom stereocenters. The van der Waals surface area contributed by atoms with Crippen molar-refractivity contribution in [2.45, 2.75) is 12.8 Å². The Hall–Kier alpha value is -2.82. The Balaban J connectivity index is 0.00000289. The molecule has 4 rings (SSSR count). The van der Waals surface area contributed by atoms with Gasteiger partial charge in [0.05, 0.1) is 19.0 Å². The van der Waals surface area contributed by atoms with Crippen molar-refractivity contribution >= 4 is 29.1 Å². The Morgan fingerprint density at radius 2 is 1.31 bits per heavy atom. The SMILES string of the molecule is O=C(CC[P+](c1ccccc1)(c1ccccc1)c1ccccc1)OCCc1ncno1.[Br-]. The number of ether oxygens (including phenoxy) is 1. The van der Waals surface area contributed by atoms with Crippen molar-refractivity contribution in [3.8, 4) is 0 Å². The number of rotatable bonds is 9. The molecular formula is C25H24BrN2O3P. The summed E-state index contributed by atoms with van der Waals surface area (Å²) in [5.41, 5.74) is 0. The lowest BCUT2D eigenvalue weighted by molar-refractivity contribution is -0.143. The molecule has 3 aromatic carbocycles. The van der Waals surface area contributed by atoms with Crippen LogP contribution >= 0.6 is 7.26 Å². The zero-order valence-corrected chi connectivity index (χ0v) is 20.0. The molecule has 1 heterocycles. The Morgan fingerprint density at radius 3 is 1.75 bits per heavy atom. The standard InChI is InChI=1S/C25H24N2O3P.BrH/c28-25(29-18-16-24-26-20-27-30-24)17-19-31(21-10-4-1-5-11-21,22-12-6-2-7-13-22)23-14-8-3-9-15-23;/h1-15,20H,16-19H2;1H/q+1;/p-1. The van der Waals surface area contributed by atoms with E-state index in [4.69, 9.17) is 9.26 Å². The second-order valence-electron chi connectivity index (χ2n) is 7.10. The third-order valence-electron chi connectivity index (χ3n) is 5.23. The number of halogens is 1. The van der Waals surface area contributed by atoms with Gasteiger partial charge in [0, 0.05) is 0 Å². The normalized spacial score (nSPS) is 10.9. The second-order valence-corrected chi connectivity index (χ2v) is 10.7. The lowest BCUT2D eigenvalue weighted by atomic mass is 10.3. The molecule has 0 aliphatic carbocycles. The largest absolute Gasteiger partial charge is 1.00 e. The molecule has 7 heteroatoms. The van der Waals surface area contributed by atoms with E-state index in [-0.39, 0.29) is 29.6 Å². The molecule has 0 bridgehead atoms. The number of nitrogens with zero attached hydrogens (tertiary/aromatic N) is 2. The molecule has 0 fully saturated rings. The van der Waals surface area contributed by atoms with Crippen LogP contribution < -0.4 is 32.9 Å². The Morgan fingerprint density at radius 1 is 0.812 bits per heavy atom. The van der Waals surface area contributed by atoms with Gasteiger partial charge in [-0.3, -0.25) is 4.79 Å². The summed E-state index contributed by atoms with van der Waals surface area (Å²) in [4.78, 5) is 16.6. The first-order valence-electron chi connectivity index (χ1n) is 10.2. The van der Waals surface area contributed by atoms with E-state index >= 15 is 0 Å². The van der Waals surface area contributed by atoms with E-state index in [0.717, 1.165) is 0 Å². The molecule has 0 aliphatic rings. The molecular weight excluding hydrogens is 487 g/mol. The number of carbonyl (C=O) groups is 1. The van der Waals surface area contributed by atoms with Gasteiger partial charge >= 0.3 is 5.97 Å². The lowest BCUT2D eigenvalue weighted by Crippen LogP contribution is -3.00. The van der Waals surface area contributed by atoms with Crippen LogP contribution in [0.25, 0.3) is 0 Å². The second kappa shape index (κ2) is 11.7. The van der Waals surface area contributed by atoms with Gasteiger partial charge < -0.3 is 26.2 Å². The fourth-order valence-electron chi connectivity index (χ4n) is 3.77. The van der Waals surface area contributed by atoms with Crippen molar-refractivity contribution in [3.63, 3.8) is 0 Å². The highest BCUT2D eigenvalue weighted by Crippen LogP contribution is 2.55. The quantitative estimate of drug-likeness (QED) is 0.243. The first kappa shape index (κ1) is 23.8. The summed E-state index contributed by atoms with van der Waals surface area (Å²) < 4.78 is 10.4. The third-order valence-corrected chi connectivity index (χ3v) is 9.66. The van der Waals surface area contributed by atoms with Crippen molar-refractivity contribution in [2.75, 3.05) is 12.8 Å². The van der Waals surface area contributed by atoms with Crippen LogP contribution in [-0.4, -0.2) is 28.9 Å². The number of hydrogen-bond acceptors (Lipinski definition) is 5. The Kier molecular flexibility index (Phi) is 8.72. The first-order chi connectivity index (χ1) is 15.3. The summed E-state index contributed by atoms with van der Waals surface area (Å²) in [5, 5.41) is 7.33. The van der Waals surface area contributed by atoms with Crippen molar-refractivity contribution < 1.29 is 31.0 Å². The lowest BCUT2D eigenvalue weighted by Gasteiger charge is -2.27.